The molecule has 0 heterocycles. The molecule has 0 bridgehead atoms. The Morgan fingerprint density at radius 2 is 0.493 bits per heavy atom. The first-order valence-corrected chi connectivity index (χ1v) is 32.8. The number of carbonyl (C=O) groups excluding carboxylic acids is 3. The molecule has 0 aliphatic rings. The van der Waals surface area contributed by atoms with Gasteiger partial charge in [-0.1, -0.05) is 321 Å². The summed E-state index contributed by atoms with van der Waals surface area (Å²) in [6.45, 7) is 6.62. The number of ether oxygens (including phenoxy) is 3. The third-order valence-electron chi connectivity index (χ3n) is 15.0. The van der Waals surface area contributed by atoms with Gasteiger partial charge in [0.1, 0.15) is 13.2 Å². The molecule has 0 aromatic carbocycles. The van der Waals surface area contributed by atoms with Crippen LogP contribution in [0.3, 0.4) is 0 Å². The molecule has 0 saturated carbocycles. The summed E-state index contributed by atoms with van der Waals surface area (Å²) < 4.78 is 16.8. The van der Waals surface area contributed by atoms with Crippen LogP contribution in [-0.2, 0) is 28.6 Å². The van der Waals surface area contributed by atoms with Crippen molar-refractivity contribution in [2.45, 2.75) is 374 Å². The molecule has 0 aliphatic heterocycles. The summed E-state index contributed by atoms with van der Waals surface area (Å²) in [4.78, 5) is 38.0. The van der Waals surface area contributed by atoms with E-state index in [1.54, 1.807) is 0 Å². The van der Waals surface area contributed by atoms with Crippen LogP contribution in [-0.4, -0.2) is 37.2 Å². The fraction of sp³-hybridized carbons (Fsp3) is 0.896. The van der Waals surface area contributed by atoms with Crippen LogP contribution in [0, 0.1) is 0 Å². The molecule has 6 heteroatoms. The second-order valence-electron chi connectivity index (χ2n) is 22.4. The van der Waals surface area contributed by atoms with Crippen LogP contribution in [0.2, 0.25) is 0 Å². The standard InChI is InChI=1S/C67H126O6/c1-4-7-10-13-16-18-20-22-24-26-27-28-29-30-31-32-33-34-35-36-37-38-39-41-42-44-46-48-51-54-57-60-66(69)72-63-64(62-71-65(68)59-56-53-50-15-12-9-6-3)73-67(70)61-58-55-52-49-47-45-43-40-25-23-21-19-17-14-11-8-5-2/h17,19,23,25,64H,4-16,18,20-22,24,26-63H2,1-3H3/b19-17-,25-23-. The van der Waals surface area contributed by atoms with Crippen LogP contribution >= 0.6 is 0 Å². The van der Waals surface area contributed by atoms with Crippen molar-refractivity contribution in [2.24, 2.45) is 0 Å². The SMILES string of the molecule is CCCCC/C=C\C/C=C\CCCCCCCCCC(=O)OC(COC(=O)CCCCCCCCC)COC(=O)CCCCCCCCCCCCCCCCCCCCCCCCCCCCCCCCC. The van der Waals surface area contributed by atoms with Crippen LogP contribution < -0.4 is 0 Å². The molecular formula is C67H126O6. The summed E-state index contributed by atoms with van der Waals surface area (Å²) in [7, 11) is 0. The second-order valence-corrected chi connectivity index (χ2v) is 22.4. The first-order chi connectivity index (χ1) is 36.0. The Labute approximate surface area is 455 Å². The van der Waals surface area contributed by atoms with Crippen LogP contribution in [0.15, 0.2) is 24.3 Å². The summed E-state index contributed by atoms with van der Waals surface area (Å²) in [6.07, 6.45) is 75.2. The van der Waals surface area contributed by atoms with Gasteiger partial charge in [0.2, 0.25) is 0 Å². The summed E-state index contributed by atoms with van der Waals surface area (Å²) >= 11 is 0. The fourth-order valence-corrected chi connectivity index (χ4v) is 10.0. The minimum atomic E-state index is -0.770. The quantitative estimate of drug-likeness (QED) is 0.0261. The molecule has 0 saturated heterocycles. The Balaban J connectivity index is 3.97. The van der Waals surface area contributed by atoms with Crippen LogP contribution in [0.25, 0.3) is 0 Å². The van der Waals surface area contributed by atoms with Crippen LogP contribution in [0.4, 0.5) is 0 Å². The minimum Gasteiger partial charge on any atom is -0.462 e. The maximum absolute atomic E-state index is 12.8. The number of unbranched alkanes of at least 4 members (excludes halogenated alkanes) is 46. The Morgan fingerprint density at radius 1 is 0.274 bits per heavy atom. The summed E-state index contributed by atoms with van der Waals surface area (Å²) in [5.74, 6) is -0.862. The molecule has 0 aromatic rings. The van der Waals surface area contributed by atoms with Gasteiger partial charge < -0.3 is 14.2 Å². The molecule has 1 unspecified atom stereocenters. The highest BCUT2D eigenvalue weighted by molar-refractivity contribution is 5.71. The van der Waals surface area contributed by atoms with Gasteiger partial charge in [0.25, 0.3) is 0 Å². The van der Waals surface area contributed by atoms with E-state index in [9.17, 15) is 14.4 Å². The van der Waals surface area contributed by atoms with Gasteiger partial charge in [-0.2, -0.15) is 0 Å². The molecule has 430 valence electrons. The summed E-state index contributed by atoms with van der Waals surface area (Å²) in [5.41, 5.74) is 0. The molecular weight excluding hydrogens is 901 g/mol. The molecule has 0 fully saturated rings. The minimum absolute atomic E-state index is 0.0696. The topological polar surface area (TPSA) is 78.9 Å². The number of hydrogen-bond acceptors (Lipinski definition) is 6. The van der Waals surface area contributed by atoms with E-state index in [0.29, 0.717) is 19.3 Å². The molecule has 0 aromatic heterocycles. The lowest BCUT2D eigenvalue weighted by atomic mass is 10.0. The maximum atomic E-state index is 12.8. The van der Waals surface area contributed by atoms with Gasteiger partial charge >= 0.3 is 17.9 Å². The van der Waals surface area contributed by atoms with E-state index in [4.69, 9.17) is 14.2 Å². The van der Waals surface area contributed by atoms with Crippen molar-refractivity contribution in [3.63, 3.8) is 0 Å². The van der Waals surface area contributed by atoms with Crippen molar-refractivity contribution >= 4 is 17.9 Å². The van der Waals surface area contributed by atoms with E-state index in [1.807, 2.05) is 0 Å². The zero-order valence-electron chi connectivity index (χ0n) is 49.4. The van der Waals surface area contributed by atoms with E-state index in [0.717, 1.165) is 70.6 Å². The van der Waals surface area contributed by atoms with Crippen LogP contribution in [0.5, 0.6) is 0 Å². The van der Waals surface area contributed by atoms with Gasteiger partial charge in [0, 0.05) is 19.3 Å². The Bertz CT molecular complexity index is 1180. The number of allylic oxidation sites excluding steroid dienone is 4. The van der Waals surface area contributed by atoms with E-state index >= 15 is 0 Å². The molecule has 0 aliphatic carbocycles. The lowest BCUT2D eigenvalue weighted by molar-refractivity contribution is -0.167. The molecule has 0 spiro atoms. The Kier molecular flexibility index (Phi) is 60.6. The van der Waals surface area contributed by atoms with E-state index in [2.05, 4.69) is 45.1 Å². The first kappa shape index (κ1) is 70.9. The first-order valence-electron chi connectivity index (χ1n) is 32.8. The zero-order valence-corrected chi connectivity index (χ0v) is 49.4. The van der Waals surface area contributed by atoms with Crippen molar-refractivity contribution in [2.75, 3.05) is 13.2 Å². The highest BCUT2D eigenvalue weighted by Gasteiger charge is 2.19. The molecule has 0 radical (unpaired) electrons. The average molecular weight is 1030 g/mol. The van der Waals surface area contributed by atoms with E-state index in [-0.39, 0.29) is 31.1 Å². The normalized spacial score (nSPS) is 12.1. The predicted molar refractivity (Wildman–Crippen MR) is 316 cm³/mol. The zero-order chi connectivity index (χ0) is 52.9. The lowest BCUT2D eigenvalue weighted by Crippen LogP contribution is -2.30. The Hall–Kier alpha value is -2.11. The maximum Gasteiger partial charge on any atom is 0.306 e. The lowest BCUT2D eigenvalue weighted by Gasteiger charge is -2.18. The average Bonchev–Trinajstić information content (AvgIpc) is 3.39. The van der Waals surface area contributed by atoms with Crippen molar-refractivity contribution in [3.05, 3.63) is 24.3 Å². The number of carbonyl (C=O) groups is 3. The van der Waals surface area contributed by atoms with Crippen molar-refractivity contribution in [1.82, 2.24) is 0 Å². The number of esters is 3. The third kappa shape index (κ3) is 60.6. The molecule has 0 N–H and O–H groups in total. The molecule has 0 rings (SSSR count). The second kappa shape index (κ2) is 62.4. The van der Waals surface area contributed by atoms with Gasteiger partial charge in [-0.25, -0.2) is 0 Å². The molecule has 6 nitrogen and oxygen atoms in total. The highest BCUT2D eigenvalue weighted by Crippen LogP contribution is 2.18. The number of hydrogen-bond donors (Lipinski definition) is 0. The molecule has 73 heavy (non-hydrogen) atoms. The van der Waals surface area contributed by atoms with Gasteiger partial charge in [-0.3, -0.25) is 14.4 Å². The monoisotopic (exact) mass is 1030 g/mol. The van der Waals surface area contributed by atoms with Crippen molar-refractivity contribution in [3.8, 4) is 0 Å². The third-order valence-corrected chi connectivity index (χ3v) is 15.0. The van der Waals surface area contributed by atoms with Gasteiger partial charge in [0.15, 0.2) is 6.10 Å². The fourth-order valence-electron chi connectivity index (χ4n) is 10.0. The number of rotatable bonds is 61. The van der Waals surface area contributed by atoms with Gasteiger partial charge in [-0.05, 0) is 51.4 Å². The van der Waals surface area contributed by atoms with Crippen LogP contribution in [0.1, 0.15) is 367 Å². The Morgan fingerprint density at radius 3 is 0.781 bits per heavy atom. The predicted octanol–water partition coefficient (Wildman–Crippen LogP) is 22.2. The van der Waals surface area contributed by atoms with Gasteiger partial charge in [-0.15, -0.1) is 0 Å². The largest absolute Gasteiger partial charge is 0.462 e. The van der Waals surface area contributed by atoms with Gasteiger partial charge in [0.05, 0.1) is 0 Å². The summed E-state index contributed by atoms with van der Waals surface area (Å²) in [6, 6.07) is 0. The summed E-state index contributed by atoms with van der Waals surface area (Å²) in [5, 5.41) is 0. The van der Waals surface area contributed by atoms with E-state index < -0.39 is 6.10 Å². The highest BCUT2D eigenvalue weighted by atomic mass is 16.6. The molecule has 0 amide bonds. The smallest absolute Gasteiger partial charge is 0.306 e. The van der Waals surface area contributed by atoms with E-state index in [1.165, 1.54) is 257 Å². The van der Waals surface area contributed by atoms with Crippen molar-refractivity contribution in [1.29, 1.82) is 0 Å². The van der Waals surface area contributed by atoms with Crippen molar-refractivity contribution < 1.29 is 28.6 Å². The molecule has 1 atom stereocenters.